The first kappa shape index (κ1) is 19.7. The average molecular weight is 418 g/mol. The van der Waals surface area contributed by atoms with Crippen molar-refractivity contribution in [2.75, 3.05) is 25.2 Å². The highest BCUT2D eigenvalue weighted by Crippen LogP contribution is 2.32. The van der Waals surface area contributed by atoms with Crippen LogP contribution in [0, 0.1) is 11.6 Å². The Balaban J connectivity index is 1.63. The van der Waals surface area contributed by atoms with Crippen molar-refractivity contribution in [2.24, 2.45) is 0 Å². The number of anilines is 1. The first-order valence-electron chi connectivity index (χ1n) is 9.34. The molecule has 0 bridgehead atoms. The highest BCUT2D eigenvalue weighted by Gasteiger charge is 2.27. The maximum absolute atomic E-state index is 14.1. The number of nitrogens with zero attached hydrogens (tertiary/aromatic N) is 2. The predicted molar refractivity (Wildman–Crippen MR) is 108 cm³/mol. The molecule has 4 rings (SSSR count). The number of benzene rings is 2. The summed E-state index contributed by atoms with van der Waals surface area (Å²) >= 11 is 1.10. The van der Waals surface area contributed by atoms with Crippen molar-refractivity contribution in [2.45, 2.75) is 25.4 Å². The molecule has 8 heteroatoms. The fourth-order valence-corrected chi connectivity index (χ4v) is 4.38. The van der Waals surface area contributed by atoms with Gasteiger partial charge >= 0.3 is 0 Å². The molecule has 2 heterocycles. The molecule has 1 aliphatic rings. The summed E-state index contributed by atoms with van der Waals surface area (Å²) in [6.45, 7) is 0.990. The number of carbonyl (C=O) groups is 1. The lowest BCUT2D eigenvalue weighted by Crippen LogP contribution is -2.38. The van der Waals surface area contributed by atoms with E-state index in [0.29, 0.717) is 28.7 Å². The number of ether oxygens (including phenoxy) is 2. The fourth-order valence-electron chi connectivity index (χ4n) is 3.35. The normalized spacial score (nSPS) is 16.3. The number of thiazole rings is 1. The Morgan fingerprint density at radius 3 is 2.79 bits per heavy atom. The monoisotopic (exact) mass is 418 g/mol. The molecule has 2 aromatic carbocycles. The van der Waals surface area contributed by atoms with Crippen molar-refractivity contribution < 1.29 is 23.0 Å². The van der Waals surface area contributed by atoms with Gasteiger partial charge in [0.05, 0.1) is 30.9 Å². The molecule has 1 amide bonds. The summed E-state index contributed by atoms with van der Waals surface area (Å²) in [5.74, 6) is -0.866. The first-order valence-corrected chi connectivity index (χ1v) is 10.2. The molecule has 0 unspecified atom stereocenters. The molecule has 0 N–H and O–H groups in total. The summed E-state index contributed by atoms with van der Waals surface area (Å²) in [6, 6.07) is 9.28. The van der Waals surface area contributed by atoms with Crippen molar-refractivity contribution in [3.05, 3.63) is 53.6 Å². The van der Waals surface area contributed by atoms with Crippen molar-refractivity contribution >= 4 is 32.6 Å². The SMILES string of the molecule is COc1ccc(CC(=O)N(C[C@@H]2CCCO2)c2nc3c(F)cc(F)cc3s2)cc1. The lowest BCUT2D eigenvalue weighted by atomic mass is 10.1. The minimum absolute atomic E-state index is 0.0704. The molecular formula is C21H20F2N2O3S. The third kappa shape index (κ3) is 4.38. The van der Waals surface area contributed by atoms with E-state index in [9.17, 15) is 13.6 Å². The minimum atomic E-state index is -0.734. The minimum Gasteiger partial charge on any atom is -0.497 e. The van der Waals surface area contributed by atoms with E-state index in [4.69, 9.17) is 9.47 Å². The zero-order valence-corrected chi connectivity index (χ0v) is 16.7. The van der Waals surface area contributed by atoms with Gasteiger partial charge in [0.2, 0.25) is 5.91 Å². The van der Waals surface area contributed by atoms with Gasteiger partial charge in [0.25, 0.3) is 0 Å². The number of hydrogen-bond acceptors (Lipinski definition) is 5. The second-order valence-electron chi connectivity index (χ2n) is 6.90. The number of methoxy groups -OCH3 is 1. The van der Waals surface area contributed by atoms with Gasteiger partial charge in [0.15, 0.2) is 10.9 Å². The average Bonchev–Trinajstić information content (AvgIpc) is 3.36. The molecule has 0 spiro atoms. The summed E-state index contributed by atoms with van der Waals surface area (Å²) in [5.41, 5.74) is 0.896. The third-order valence-electron chi connectivity index (χ3n) is 4.86. The van der Waals surface area contributed by atoms with Crippen molar-refractivity contribution in [3.63, 3.8) is 0 Å². The molecule has 1 aliphatic heterocycles. The second kappa shape index (κ2) is 8.42. The fraction of sp³-hybridized carbons (Fsp3) is 0.333. The van der Waals surface area contributed by atoms with E-state index in [2.05, 4.69) is 4.98 Å². The standard InChI is InChI=1S/C21H20F2N2O3S/c1-27-15-6-4-13(5-7-15)9-19(26)25(12-16-3-2-8-28-16)21-24-20-17(23)10-14(22)11-18(20)29-21/h4-7,10-11,16H,2-3,8-9,12H2,1H3/t16-/m0/s1. The molecule has 1 saturated heterocycles. The molecule has 3 aromatic rings. The van der Waals surface area contributed by atoms with Crippen LogP contribution in [0.1, 0.15) is 18.4 Å². The molecule has 29 heavy (non-hydrogen) atoms. The van der Waals surface area contributed by atoms with E-state index >= 15 is 0 Å². The highest BCUT2D eigenvalue weighted by atomic mass is 32.1. The van der Waals surface area contributed by atoms with Gasteiger partial charge in [-0.1, -0.05) is 23.5 Å². The number of hydrogen-bond donors (Lipinski definition) is 0. The van der Waals surface area contributed by atoms with Gasteiger partial charge in [-0.3, -0.25) is 9.69 Å². The van der Waals surface area contributed by atoms with E-state index < -0.39 is 11.6 Å². The molecule has 152 valence electrons. The molecule has 0 radical (unpaired) electrons. The summed E-state index contributed by atoms with van der Waals surface area (Å²) in [4.78, 5) is 18.9. The Bertz CT molecular complexity index is 1020. The topological polar surface area (TPSA) is 51.7 Å². The number of rotatable bonds is 6. The molecule has 5 nitrogen and oxygen atoms in total. The van der Waals surface area contributed by atoms with Gasteiger partial charge in [-0.25, -0.2) is 13.8 Å². The second-order valence-corrected chi connectivity index (χ2v) is 7.90. The molecule has 1 aromatic heterocycles. The summed E-state index contributed by atoms with van der Waals surface area (Å²) in [7, 11) is 1.58. The number of carbonyl (C=O) groups excluding carboxylic acids is 1. The number of amides is 1. The van der Waals surface area contributed by atoms with Gasteiger partial charge in [-0.15, -0.1) is 0 Å². The van der Waals surface area contributed by atoms with Crippen LogP contribution in [0.3, 0.4) is 0 Å². The smallest absolute Gasteiger partial charge is 0.233 e. The predicted octanol–water partition coefficient (Wildman–Crippen LogP) is 4.34. The Kier molecular flexibility index (Phi) is 5.73. The quantitative estimate of drug-likeness (QED) is 0.598. The summed E-state index contributed by atoms with van der Waals surface area (Å²) in [5, 5.41) is 0.346. The molecule has 1 fully saturated rings. The van der Waals surface area contributed by atoms with Crippen molar-refractivity contribution in [1.29, 1.82) is 0 Å². The van der Waals surface area contributed by atoms with E-state index in [0.717, 1.165) is 35.8 Å². The van der Waals surface area contributed by atoms with E-state index in [1.54, 1.807) is 19.2 Å². The van der Waals surface area contributed by atoms with Crippen LogP contribution in [0.25, 0.3) is 10.2 Å². The number of halogens is 2. The van der Waals surface area contributed by atoms with Gasteiger partial charge in [0, 0.05) is 12.7 Å². The van der Waals surface area contributed by atoms with Gasteiger partial charge in [0.1, 0.15) is 17.1 Å². The summed E-state index contributed by atoms with van der Waals surface area (Å²) in [6.07, 6.45) is 1.84. The highest BCUT2D eigenvalue weighted by molar-refractivity contribution is 7.22. The van der Waals surface area contributed by atoms with Crippen molar-refractivity contribution in [1.82, 2.24) is 4.98 Å². The third-order valence-corrected chi connectivity index (χ3v) is 5.88. The first-order chi connectivity index (χ1) is 14.0. The van der Waals surface area contributed by atoms with Crippen molar-refractivity contribution in [3.8, 4) is 5.75 Å². The van der Waals surface area contributed by atoms with E-state index in [1.165, 1.54) is 11.0 Å². The molecular weight excluding hydrogens is 398 g/mol. The van der Waals surface area contributed by atoms with Gasteiger partial charge < -0.3 is 9.47 Å². The lowest BCUT2D eigenvalue weighted by molar-refractivity contribution is -0.118. The zero-order chi connectivity index (χ0) is 20.4. The van der Waals surface area contributed by atoms with Crippen LogP contribution in [0.5, 0.6) is 5.75 Å². The Morgan fingerprint density at radius 2 is 2.10 bits per heavy atom. The molecule has 1 atom stereocenters. The maximum atomic E-state index is 14.1. The van der Waals surface area contributed by atoms with Crippen LogP contribution < -0.4 is 9.64 Å². The van der Waals surface area contributed by atoms with Crippen LogP contribution in [-0.2, 0) is 16.0 Å². The molecule has 0 aliphatic carbocycles. The lowest BCUT2D eigenvalue weighted by Gasteiger charge is -2.23. The van der Waals surface area contributed by atoms with E-state index in [-0.39, 0.29) is 23.9 Å². The maximum Gasteiger partial charge on any atom is 0.233 e. The number of fused-ring (bicyclic) bond motifs is 1. The van der Waals surface area contributed by atoms with Crippen LogP contribution in [-0.4, -0.2) is 37.3 Å². The largest absolute Gasteiger partial charge is 0.497 e. The Morgan fingerprint density at radius 1 is 1.31 bits per heavy atom. The summed E-state index contributed by atoms with van der Waals surface area (Å²) < 4.78 is 38.9. The zero-order valence-electron chi connectivity index (χ0n) is 15.9. The van der Waals surface area contributed by atoms with Gasteiger partial charge in [-0.05, 0) is 36.6 Å². The van der Waals surface area contributed by atoms with Crippen LogP contribution in [0.4, 0.5) is 13.9 Å². The van der Waals surface area contributed by atoms with E-state index in [1.807, 2.05) is 12.1 Å². The van der Waals surface area contributed by atoms with Crippen LogP contribution in [0.15, 0.2) is 36.4 Å². The number of aromatic nitrogens is 1. The molecule has 0 saturated carbocycles. The van der Waals surface area contributed by atoms with Crippen LogP contribution in [0.2, 0.25) is 0 Å². The Hall–Kier alpha value is -2.58. The Labute approximate surface area is 170 Å². The van der Waals surface area contributed by atoms with Gasteiger partial charge in [-0.2, -0.15) is 0 Å². The van der Waals surface area contributed by atoms with Crippen LogP contribution >= 0.6 is 11.3 Å².